The molecule has 2 heterocycles. The van der Waals surface area contributed by atoms with Crippen LogP contribution in [0.2, 0.25) is 10.0 Å². The predicted octanol–water partition coefficient (Wildman–Crippen LogP) is 4.33. The molecule has 0 aliphatic heterocycles. The van der Waals surface area contributed by atoms with Crippen LogP contribution in [0.25, 0.3) is 5.65 Å². The molecule has 4 nitrogen and oxygen atoms in total. The van der Waals surface area contributed by atoms with E-state index in [2.05, 4.69) is 26.2 Å². The van der Waals surface area contributed by atoms with Crippen LogP contribution in [0.15, 0.2) is 47.2 Å². The standard InChI is InChI=1S/C15H10BrCl2N3O/c16-10-1-2-14-20-13(8-21(14)7-10)6-19-15(22)9-3-11(17)5-12(18)4-9/h1-5,7-8H,6H2,(H,19,22). The Kier molecular flexibility index (Phi) is 4.38. The molecule has 1 aromatic carbocycles. The molecule has 0 aliphatic carbocycles. The number of fused-ring (bicyclic) bond motifs is 1. The largest absolute Gasteiger partial charge is 0.346 e. The summed E-state index contributed by atoms with van der Waals surface area (Å²) >= 11 is 15.2. The molecule has 0 fully saturated rings. The summed E-state index contributed by atoms with van der Waals surface area (Å²) < 4.78 is 2.85. The Labute approximate surface area is 145 Å². The van der Waals surface area contributed by atoms with Gasteiger partial charge in [-0.05, 0) is 46.3 Å². The minimum atomic E-state index is -0.248. The van der Waals surface area contributed by atoms with Crippen LogP contribution in [-0.2, 0) is 6.54 Å². The van der Waals surface area contributed by atoms with Crippen molar-refractivity contribution in [2.45, 2.75) is 6.54 Å². The fraction of sp³-hybridized carbons (Fsp3) is 0.0667. The zero-order chi connectivity index (χ0) is 15.7. The monoisotopic (exact) mass is 397 g/mol. The van der Waals surface area contributed by atoms with Crippen LogP contribution in [0.3, 0.4) is 0 Å². The highest BCUT2D eigenvalue weighted by molar-refractivity contribution is 9.10. The molecule has 0 spiro atoms. The van der Waals surface area contributed by atoms with Gasteiger partial charge in [-0.3, -0.25) is 4.79 Å². The number of carbonyl (C=O) groups is 1. The first-order valence-corrected chi connectivity index (χ1v) is 7.93. The number of halogens is 3. The zero-order valence-electron chi connectivity index (χ0n) is 11.2. The van der Waals surface area contributed by atoms with Crippen molar-refractivity contribution in [2.75, 3.05) is 0 Å². The summed E-state index contributed by atoms with van der Waals surface area (Å²) in [7, 11) is 0. The van der Waals surface area contributed by atoms with Crippen molar-refractivity contribution >= 4 is 50.7 Å². The SMILES string of the molecule is O=C(NCc1cn2cc(Br)ccc2n1)c1cc(Cl)cc(Cl)c1. The van der Waals surface area contributed by atoms with Crippen molar-refractivity contribution in [3.63, 3.8) is 0 Å². The highest BCUT2D eigenvalue weighted by Gasteiger charge is 2.09. The Morgan fingerprint density at radius 1 is 1.18 bits per heavy atom. The number of benzene rings is 1. The fourth-order valence-corrected chi connectivity index (χ4v) is 2.94. The van der Waals surface area contributed by atoms with E-state index in [1.54, 1.807) is 18.2 Å². The molecule has 1 amide bonds. The van der Waals surface area contributed by atoms with Crippen LogP contribution in [-0.4, -0.2) is 15.3 Å². The first-order chi connectivity index (χ1) is 10.5. The average Bonchev–Trinajstić information content (AvgIpc) is 2.85. The third-order valence-corrected chi connectivity index (χ3v) is 3.93. The van der Waals surface area contributed by atoms with Gasteiger partial charge in [0.15, 0.2) is 0 Å². The van der Waals surface area contributed by atoms with Gasteiger partial charge in [-0.25, -0.2) is 4.98 Å². The molecule has 3 aromatic rings. The summed E-state index contributed by atoms with van der Waals surface area (Å²) in [5.74, 6) is -0.248. The summed E-state index contributed by atoms with van der Waals surface area (Å²) in [6.07, 6.45) is 3.77. The lowest BCUT2D eigenvalue weighted by atomic mass is 10.2. The van der Waals surface area contributed by atoms with Gasteiger partial charge >= 0.3 is 0 Å². The Morgan fingerprint density at radius 3 is 2.64 bits per heavy atom. The van der Waals surface area contributed by atoms with Gasteiger partial charge in [-0.1, -0.05) is 23.2 Å². The second-order valence-electron chi connectivity index (χ2n) is 4.69. The molecule has 0 bridgehead atoms. The maximum absolute atomic E-state index is 12.1. The lowest BCUT2D eigenvalue weighted by molar-refractivity contribution is 0.0950. The number of hydrogen-bond donors (Lipinski definition) is 1. The molecule has 0 saturated carbocycles. The maximum atomic E-state index is 12.1. The predicted molar refractivity (Wildman–Crippen MR) is 90.5 cm³/mol. The summed E-state index contributed by atoms with van der Waals surface area (Å²) in [5.41, 5.74) is 2.00. The van der Waals surface area contributed by atoms with Crippen LogP contribution >= 0.6 is 39.1 Å². The number of hydrogen-bond acceptors (Lipinski definition) is 2. The van der Waals surface area contributed by atoms with E-state index in [0.29, 0.717) is 22.2 Å². The van der Waals surface area contributed by atoms with Gasteiger partial charge in [0, 0.05) is 32.5 Å². The molecule has 0 aliphatic rings. The lowest BCUT2D eigenvalue weighted by Gasteiger charge is -2.04. The van der Waals surface area contributed by atoms with E-state index in [1.807, 2.05) is 28.9 Å². The second-order valence-corrected chi connectivity index (χ2v) is 6.47. The van der Waals surface area contributed by atoms with Crippen molar-refractivity contribution < 1.29 is 4.79 Å². The number of imidazole rings is 1. The van der Waals surface area contributed by atoms with E-state index in [1.165, 1.54) is 0 Å². The lowest BCUT2D eigenvalue weighted by Crippen LogP contribution is -2.22. The zero-order valence-corrected chi connectivity index (χ0v) is 14.3. The first-order valence-electron chi connectivity index (χ1n) is 6.39. The minimum Gasteiger partial charge on any atom is -0.346 e. The van der Waals surface area contributed by atoms with Crippen LogP contribution in [0, 0.1) is 0 Å². The topological polar surface area (TPSA) is 46.4 Å². The molecule has 112 valence electrons. The van der Waals surface area contributed by atoms with Gasteiger partial charge in [0.25, 0.3) is 5.91 Å². The second kappa shape index (κ2) is 6.28. The molecular formula is C15H10BrCl2N3O. The Bertz CT molecular complexity index is 843. The van der Waals surface area contributed by atoms with Crippen molar-refractivity contribution in [3.05, 3.63) is 68.5 Å². The molecule has 0 radical (unpaired) electrons. The van der Waals surface area contributed by atoms with Gasteiger partial charge in [0.1, 0.15) is 5.65 Å². The fourth-order valence-electron chi connectivity index (χ4n) is 2.06. The molecule has 7 heteroatoms. The molecule has 0 atom stereocenters. The van der Waals surface area contributed by atoms with E-state index in [4.69, 9.17) is 23.2 Å². The molecule has 1 N–H and O–H groups in total. The molecule has 3 rings (SSSR count). The third kappa shape index (κ3) is 3.43. The highest BCUT2D eigenvalue weighted by Crippen LogP contribution is 2.19. The van der Waals surface area contributed by atoms with E-state index in [0.717, 1.165) is 15.8 Å². The maximum Gasteiger partial charge on any atom is 0.251 e. The number of nitrogens with one attached hydrogen (secondary N) is 1. The molecular weight excluding hydrogens is 389 g/mol. The van der Waals surface area contributed by atoms with Crippen LogP contribution in [0.4, 0.5) is 0 Å². The van der Waals surface area contributed by atoms with Gasteiger partial charge in [0.2, 0.25) is 0 Å². The third-order valence-electron chi connectivity index (χ3n) is 3.02. The summed E-state index contributed by atoms with van der Waals surface area (Å²) in [6, 6.07) is 8.54. The van der Waals surface area contributed by atoms with Crippen molar-refractivity contribution in [3.8, 4) is 0 Å². The Morgan fingerprint density at radius 2 is 1.91 bits per heavy atom. The summed E-state index contributed by atoms with van der Waals surface area (Å²) in [6.45, 7) is 0.322. The number of carbonyl (C=O) groups excluding carboxylic acids is 1. The quantitative estimate of drug-likeness (QED) is 0.713. The summed E-state index contributed by atoms with van der Waals surface area (Å²) in [5, 5.41) is 3.65. The van der Waals surface area contributed by atoms with Gasteiger partial charge in [0.05, 0.1) is 12.2 Å². The number of rotatable bonds is 3. The number of nitrogens with zero attached hydrogens (tertiary/aromatic N) is 2. The van der Waals surface area contributed by atoms with Crippen molar-refractivity contribution in [1.82, 2.24) is 14.7 Å². The Hall–Kier alpha value is -1.56. The summed E-state index contributed by atoms with van der Waals surface area (Å²) in [4.78, 5) is 16.6. The van der Waals surface area contributed by atoms with Crippen LogP contribution < -0.4 is 5.32 Å². The van der Waals surface area contributed by atoms with Gasteiger partial charge in [-0.2, -0.15) is 0 Å². The number of aromatic nitrogens is 2. The minimum absolute atomic E-state index is 0.248. The van der Waals surface area contributed by atoms with E-state index in [9.17, 15) is 4.79 Å². The highest BCUT2D eigenvalue weighted by atomic mass is 79.9. The van der Waals surface area contributed by atoms with Crippen LogP contribution in [0.5, 0.6) is 0 Å². The molecule has 22 heavy (non-hydrogen) atoms. The van der Waals surface area contributed by atoms with E-state index in [-0.39, 0.29) is 5.91 Å². The molecule has 2 aromatic heterocycles. The van der Waals surface area contributed by atoms with E-state index < -0.39 is 0 Å². The smallest absolute Gasteiger partial charge is 0.251 e. The first kappa shape index (κ1) is 15.3. The van der Waals surface area contributed by atoms with Crippen molar-refractivity contribution in [2.24, 2.45) is 0 Å². The molecule has 0 unspecified atom stereocenters. The normalized spacial score (nSPS) is 10.9. The Balaban J connectivity index is 1.74. The average molecular weight is 399 g/mol. The van der Waals surface area contributed by atoms with E-state index >= 15 is 0 Å². The number of amides is 1. The molecule has 0 saturated heterocycles. The number of pyridine rings is 1. The van der Waals surface area contributed by atoms with Crippen LogP contribution in [0.1, 0.15) is 16.1 Å². The van der Waals surface area contributed by atoms with Gasteiger partial charge < -0.3 is 9.72 Å². The van der Waals surface area contributed by atoms with Crippen molar-refractivity contribution in [1.29, 1.82) is 0 Å². The van der Waals surface area contributed by atoms with Gasteiger partial charge in [-0.15, -0.1) is 0 Å².